The summed E-state index contributed by atoms with van der Waals surface area (Å²) in [6, 6.07) is 0. The highest BCUT2D eigenvalue weighted by Crippen LogP contribution is 2.53. The molecule has 28 heavy (non-hydrogen) atoms. The number of carbonyl (C=O) groups is 1. The van der Waals surface area contributed by atoms with Crippen LogP contribution in [0.4, 0.5) is 0 Å². The zero-order chi connectivity index (χ0) is 21.7. The average Bonchev–Trinajstić information content (AvgIpc) is 2.63. The lowest BCUT2D eigenvalue weighted by Gasteiger charge is -2.48. The monoisotopic (exact) mass is 440 g/mol. The first-order valence-electron chi connectivity index (χ1n) is 10.4. The van der Waals surface area contributed by atoms with E-state index in [-0.39, 0.29) is 46.1 Å². The van der Waals surface area contributed by atoms with Gasteiger partial charge in [0.05, 0.1) is 0 Å². The number of hydrogen-bond acceptors (Lipinski definition) is 7. The Labute approximate surface area is 172 Å². The molecule has 0 saturated carbocycles. The van der Waals surface area contributed by atoms with Gasteiger partial charge in [0.1, 0.15) is 0 Å². The molecule has 8 nitrogen and oxygen atoms in total. The highest BCUT2D eigenvalue weighted by Gasteiger charge is 2.81. The fourth-order valence-electron chi connectivity index (χ4n) is 3.43. The fraction of sp³-hybridized carbons (Fsp3) is 0.944. The van der Waals surface area contributed by atoms with Crippen LogP contribution in [0.2, 0.25) is 4.66 Å². The van der Waals surface area contributed by atoms with Crippen molar-refractivity contribution in [3.63, 3.8) is 0 Å². The highest BCUT2D eigenvalue weighted by atomic mass is 28.5. The van der Waals surface area contributed by atoms with Gasteiger partial charge in [-0.2, -0.15) is 0 Å². The first kappa shape index (κ1) is 27.7. The summed E-state index contributed by atoms with van der Waals surface area (Å²) in [7, 11) is -7.67. The molecular formula is C18H40O8Si2. The maximum Gasteiger partial charge on any atom is 0.523 e. The molecule has 0 heterocycles. The number of aliphatic carboxylic acids is 1. The number of rotatable bonds is 18. The van der Waals surface area contributed by atoms with Crippen LogP contribution < -0.4 is 0 Å². The molecule has 0 atom stereocenters. The van der Waals surface area contributed by atoms with Gasteiger partial charge in [0.25, 0.3) is 0 Å². The first-order chi connectivity index (χ1) is 13.4. The van der Waals surface area contributed by atoms with E-state index in [2.05, 4.69) is 0 Å². The maximum absolute atomic E-state index is 13.1. The molecule has 0 fully saturated rings. The fourth-order valence-corrected chi connectivity index (χ4v) is 12.0. The molecule has 0 aromatic carbocycles. The second kappa shape index (κ2) is 13.8. The van der Waals surface area contributed by atoms with Crippen molar-refractivity contribution in [2.45, 2.75) is 72.4 Å². The Hall–Kier alpha value is -0.336. The molecule has 0 rings (SSSR count). The van der Waals surface area contributed by atoms with Crippen LogP contribution in [-0.2, 0) is 31.4 Å². The van der Waals surface area contributed by atoms with Crippen molar-refractivity contribution in [2.75, 3.05) is 39.6 Å². The zero-order valence-electron chi connectivity index (χ0n) is 18.7. The van der Waals surface area contributed by atoms with E-state index in [1.165, 1.54) is 0 Å². The smallest absolute Gasteiger partial charge is 0.481 e. The van der Waals surface area contributed by atoms with Gasteiger partial charge >= 0.3 is 23.6 Å². The zero-order valence-corrected chi connectivity index (χ0v) is 20.7. The molecule has 0 aromatic heterocycles. The Morgan fingerprint density at radius 2 is 0.964 bits per heavy atom. The third-order valence-corrected chi connectivity index (χ3v) is 13.2. The largest absolute Gasteiger partial charge is 0.523 e. The maximum atomic E-state index is 13.1. The summed E-state index contributed by atoms with van der Waals surface area (Å²) in [5.41, 5.74) is 0. The molecule has 0 saturated heterocycles. The second-order valence-corrected chi connectivity index (χ2v) is 12.2. The molecule has 0 aliphatic heterocycles. The summed E-state index contributed by atoms with van der Waals surface area (Å²) >= 11 is 0. The van der Waals surface area contributed by atoms with E-state index in [1.807, 2.05) is 6.92 Å². The summed E-state index contributed by atoms with van der Waals surface area (Å²) in [6.45, 7) is 14.3. The third-order valence-electron chi connectivity index (χ3n) is 4.32. The highest BCUT2D eigenvalue weighted by molar-refractivity contribution is 6.90. The van der Waals surface area contributed by atoms with Crippen LogP contribution in [0.3, 0.4) is 0 Å². The SMILES string of the molecule is CCCCC(C(=O)O)([Si](OCC)(OCC)OCC)[Si](OCC)(OCC)OCC. The van der Waals surface area contributed by atoms with Crippen LogP contribution in [0.5, 0.6) is 0 Å². The van der Waals surface area contributed by atoms with Gasteiger partial charge in [-0.25, -0.2) is 0 Å². The van der Waals surface area contributed by atoms with E-state index in [4.69, 9.17) is 26.6 Å². The van der Waals surface area contributed by atoms with E-state index >= 15 is 0 Å². The van der Waals surface area contributed by atoms with Gasteiger partial charge in [-0.3, -0.25) is 4.79 Å². The number of carboxylic acid groups (broad SMARTS) is 1. The van der Waals surface area contributed by atoms with Crippen LogP contribution >= 0.6 is 0 Å². The van der Waals surface area contributed by atoms with Crippen LogP contribution in [0.25, 0.3) is 0 Å². The lowest BCUT2D eigenvalue weighted by Crippen LogP contribution is -2.73. The molecule has 0 aromatic rings. The summed E-state index contributed by atoms with van der Waals surface area (Å²) in [5, 5.41) is 10.7. The van der Waals surface area contributed by atoms with Crippen molar-refractivity contribution in [1.82, 2.24) is 0 Å². The molecule has 0 amide bonds. The van der Waals surface area contributed by atoms with Gasteiger partial charge < -0.3 is 31.7 Å². The number of unbranched alkanes of at least 4 members (excludes halogenated alkanes) is 1. The van der Waals surface area contributed by atoms with Crippen LogP contribution in [0.15, 0.2) is 0 Å². The predicted molar refractivity (Wildman–Crippen MR) is 111 cm³/mol. The van der Waals surface area contributed by atoms with Crippen molar-refractivity contribution < 1.29 is 36.5 Å². The molecule has 0 aliphatic rings. The summed E-state index contributed by atoms with van der Waals surface area (Å²) in [6.07, 6.45) is 1.65. The molecule has 0 radical (unpaired) electrons. The molecule has 0 spiro atoms. The minimum Gasteiger partial charge on any atom is -0.481 e. The van der Waals surface area contributed by atoms with E-state index in [0.717, 1.165) is 6.42 Å². The normalized spacial score (nSPS) is 13.1. The average molecular weight is 441 g/mol. The Morgan fingerprint density at radius 1 is 0.679 bits per heavy atom. The Balaban J connectivity index is 7.05. The Bertz CT molecular complexity index is 376. The summed E-state index contributed by atoms with van der Waals surface area (Å²) in [5.74, 6) is -1.11. The molecule has 0 aliphatic carbocycles. The van der Waals surface area contributed by atoms with Crippen molar-refractivity contribution >= 4 is 23.6 Å². The molecular weight excluding hydrogens is 400 g/mol. The molecule has 0 unspecified atom stereocenters. The number of hydrogen-bond donors (Lipinski definition) is 1. The van der Waals surface area contributed by atoms with Gasteiger partial charge in [-0.1, -0.05) is 19.8 Å². The molecule has 10 heteroatoms. The quantitative estimate of drug-likeness (QED) is 0.323. The summed E-state index contributed by atoms with van der Waals surface area (Å²) < 4.78 is 34.9. The van der Waals surface area contributed by atoms with Crippen LogP contribution in [0, 0.1) is 0 Å². The second-order valence-electron chi connectivity index (χ2n) is 6.02. The van der Waals surface area contributed by atoms with Crippen molar-refractivity contribution in [3.8, 4) is 0 Å². The lowest BCUT2D eigenvalue weighted by atomic mass is 10.2. The minimum atomic E-state index is -3.84. The van der Waals surface area contributed by atoms with E-state index < -0.39 is 28.2 Å². The van der Waals surface area contributed by atoms with Gasteiger partial charge in [-0.15, -0.1) is 0 Å². The lowest BCUT2D eigenvalue weighted by molar-refractivity contribution is -0.144. The standard InChI is InChI=1S/C18H40O8Si2/c1-8-15-16-18(17(19)20,27(21-9-2,22-10-3)23-11-4)28(24-12-5,25-13-6)26-14-7/h8-16H2,1-7H3,(H,19,20). The molecule has 0 bridgehead atoms. The first-order valence-corrected chi connectivity index (χ1v) is 13.9. The van der Waals surface area contributed by atoms with Gasteiger partial charge in [0, 0.05) is 39.6 Å². The van der Waals surface area contributed by atoms with E-state index in [9.17, 15) is 9.90 Å². The van der Waals surface area contributed by atoms with Crippen molar-refractivity contribution in [1.29, 1.82) is 0 Å². The third kappa shape index (κ3) is 5.63. The van der Waals surface area contributed by atoms with E-state index in [0.29, 0.717) is 6.42 Å². The Morgan fingerprint density at radius 3 is 1.14 bits per heavy atom. The van der Waals surface area contributed by atoms with Crippen molar-refractivity contribution in [2.24, 2.45) is 0 Å². The minimum absolute atomic E-state index is 0.233. The number of carboxylic acids is 1. The van der Waals surface area contributed by atoms with Crippen LogP contribution in [-0.4, -0.2) is 68.3 Å². The topological polar surface area (TPSA) is 92.7 Å². The van der Waals surface area contributed by atoms with Gasteiger partial charge in [0.2, 0.25) is 4.66 Å². The van der Waals surface area contributed by atoms with E-state index in [1.54, 1.807) is 41.5 Å². The molecule has 1 N–H and O–H groups in total. The predicted octanol–water partition coefficient (Wildman–Crippen LogP) is 3.64. The summed E-state index contributed by atoms with van der Waals surface area (Å²) in [4.78, 5) is 13.1. The van der Waals surface area contributed by atoms with Crippen LogP contribution in [0.1, 0.15) is 67.7 Å². The Kier molecular flexibility index (Phi) is 13.6. The molecule has 168 valence electrons. The van der Waals surface area contributed by atoms with Crippen molar-refractivity contribution in [3.05, 3.63) is 0 Å². The van der Waals surface area contributed by atoms with Gasteiger partial charge in [-0.05, 0) is 48.0 Å². The van der Waals surface area contributed by atoms with Gasteiger partial charge in [0.15, 0.2) is 0 Å².